The molecule has 0 radical (unpaired) electrons. The minimum Gasteiger partial charge on any atom is -0.351 e. The quantitative estimate of drug-likeness (QED) is 0.666. The zero-order chi connectivity index (χ0) is 10.6. The minimum absolute atomic E-state index is 0.0836. The third kappa shape index (κ3) is 2.84. The molecular formula is C11H20N2O. The second-order valence-corrected chi connectivity index (χ2v) is 4.33. The largest absolute Gasteiger partial charge is 0.351 e. The van der Waals surface area contributed by atoms with Crippen LogP contribution in [0.15, 0.2) is 12.2 Å². The van der Waals surface area contributed by atoms with Gasteiger partial charge in [0.05, 0.1) is 5.54 Å². The molecular weight excluding hydrogens is 176 g/mol. The lowest BCUT2D eigenvalue weighted by Crippen LogP contribution is -2.53. The Morgan fingerprint density at radius 3 is 2.64 bits per heavy atom. The third-order valence-electron chi connectivity index (χ3n) is 2.80. The van der Waals surface area contributed by atoms with E-state index in [2.05, 4.69) is 22.8 Å². The van der Waals surface area contributed by atoms with E-state index in [4.69, 9.17) is 0 Å². The van der Waals surface area contributed by atoms with Crippen LogP contribution in [0, 0.1) is 0 Å². The average molecular weight is 196 g/mol. The van der Waals surface area contributed by atoms with E-state index < -0.39 is 5.54 Å². The summed E-state index contributed by atoms with van der Waals surface area (Å²) in [6, 6.07) is 0.320. The Labute approximate surface area is 86.0 Å². The number of carbonyl (C=O) groups is 1. The molecule has 0 bridgehead atoms. The highest BCUT2D eigenvalue weighted by atomic mass is 16.2. The summed E-state index contributed by atoms with van der Waals surface area (Å²) in [5, 5.41) is 6.06. The van der Waals surface area contributed by atoms with E-state index in [9.17, 15) is 4.79 Å². The van der Waals surface area contributed by atoms with Gasteiger partial charge in [0.2, 0.25) is 5.91 Å². The lowest BCUT2D eigenvalue weighted by atomic mass is 9.99. The van der Waals surface area contributed by atoms with Gasteiger partial charge >= 0.3 is 0 Å². The average Bonchev–Trinajstić information content (AvgIpc) is 2.19. The van der Waals surface area contributed by atoms with Gasteiger partial charge in [-0.25, -0.2) is 0 Å². The summed E-state index contributed by atoms with van der Waals surface area (Å²) < 4.78 is 0. The summed E-state index contributed by atoms with van der Waals surface area (Å²) >= 11 is 0. The molecule has 0 aliphatic heterocycles. The molecule has 80 valence electrons. The predicted molar refractivity (Wildman–Crippen MR) is 58.1 cm³/mol. The van der Waals surface area contributed by atoms with Crippen LogP contribution < -0.4 is 10.6 Å². The Hall–Kier alpha value is -0.830. The first kappa shape index (κ1) is 11.2. The molecule has 0 heterocycles. The van der Waals surface area contributed by atoms with Gasteiger partial charge in [0.15, 0.2) is 0 Å². The van der Waals surface area contributed by atoms with Gasteiger partial charge in [0.25, 0.3) is 0 Å². The number of nitrogens with one attached hydrogen (secondary N) is 2. The molecule has 0 spiro atoms. The maximum Gasteiger partial charge on any atom is 0.239 e. The highest BCUT2D eigenvalue weighted by Gasteiger charge is 2.26. The van der Waals surface area contributed by atoms with Crippen LogP contribution in [0.1, 0.15) is 33.1 Å². The van der Waals surface area contributed by atoms with E-state index in [1.807, 2.05) is 13.8 Å². The molecule has 1 aliphatic rings. The molecule has 0 saturated heterocycles. The zero-order valence-corrected chi connectivity index (χ0v) is 9.26. The second-order valence-electron chi connectivity index (χ2n) is 4.33. The van der Waals surface area contributed by atoms with E-state index in [-0.39, 0.29) is 5.91 Å². The summed E-state index contributed by atoms with van der Waals surface area (Å²) in [6.45, 7) is 3.78. The van der Waals surface area contributed by atoms with Crippen LogP contribution in [0.2, 0.25) is 0 Å². The fourth-order valence-electron chi connectivity index (χ4n) is 1.40. The lowest BCUT2D eigenvalue weighted by molar-refractivity contribution is -0.127. The summed E-state index contributed by atoms with van der Waals surface area (Å²) in [4.78, 5) is 11.8. The van der Waals surface area contributed by atoms with Crippen molar-refractivity contribution < 1.29 is 4.79 Å². The van der Waals surface area contributed by atoms with Crippen molar-refractivity contribution >= 4 is 5.91 Å². The Bertz CT molecular complexity index is 233. The standard InChI is InChI=1S/C11H20N2O/c1-11(2,12-3)10(14)13-9-7-5-4-6-8-9/h4-5,9,12H,6-8H2,1-3H3,(H,13,14). The monoisotopic (exact) mass is 196 g/mol. The van der Waals surface area contributed by atoms with Gasteiger partial charge in [-0.3, -0.25) is 4.79 Å². The first-order valence-electron chi connectivity index (χ1n) is 5.21. The number of amides is 1. The van der Waals surface area contributed by atoms with Crippen LogP contribution in [0.25, 0.3) is 0 Å². The molecule has 1 atom stereocenters. The number of rotatable bonds is 3. The minimum atomic E-state index is -0.471. The van der Waals surface area contributed by atoms with Crippen LogP contribution in [0.5, 0.6) is 0 Å². The van der Waals surface area contributed by atoms with Gasteiger partial charge in [-0.15, -0.1) is 0 Å². The van der Waals surface area contributed by atoms with Gasteiger partial charge in [-0.2, -0.15) is 0 Å². The number of carbonyl (C=O) groups excluding carboxylic acids is 1. The van der Waals surface area contributed by atoms with E-state index in [1.165, 1.54) is 0 Å². The number of hydrogen-bond acceptors (Lipinski definition) is 2. The predicted octanol–water partition coefficient (Wildman–Crippen LogP) is 1.21. The first-order valence-corrected chi connectivity index (χ1v) is 5.21. The Morgan fingerprint density at radius 2 is 2.14 bits per heavy atom. The zero-order valence-electron chi connectivity index (χ0n) is 9.26. The SMILES string of the molecule is CNC(C)(C)C(=O)NC1CC=CCC1. The molecule has 3 heteroatoms. The molecule has 2 N–H and O–H groups in total. The molecule has 1 amide bonds. The van der Waals surface area contributed by atoms with Crippen LogP contribution in [-0.2, 0) is 4.79 Å². The fraction of sp³-hybridized carbons (Fsp3) is 0.727. The molecule has 0 aromatic carbocycles. The number of hydrogen-bond donors (Lipinski definition) is 2. The number of likely N-dealkylation sites (N-methyl/N-ethyl adjacent to an activating group) is 1. The Kier molecular flexibility index (Phi) is 3.69. The lowest BCUT2D eigenvalue weighted by Gasteiger charge is -2.27. The molecule has 14 heavy (non-hydrogen) atoms. The summed E-state index contributed by atoms with van der Waals surface area (Å²) in [5.74, 6) is 0.0836. The van der Waals surface area contributed by atoms with Gasteiger partial charge in [0.1, 0.15) is 0 Å². The van der Waals surface area contributed by atoms with Crippen molar-refractivity contribution in [2.45, 2.75) is 44.7 Å². The Morgan fingerprint density at radius 1 is 1.43 bits per heavy atom. The molecule has 1 aliphatic carbocycles. The summed E-state index contributed by atoms with van der Waals surface area (Å²) in [6.07, 6.45) is 7.41. The van der Waals surface area contributed by atoms with Crippen molar-refractivity contribution in [1.29, 1.82) is 0 Å². The van der Waals surface area contributed by atoms with E-state index in [0.29, 0.717) is 6.04 Å². The van der Waals surface area contributed by atoms with Crippen molar-refractivity contribution in [1.82, 2.24) is 10.6 Å². The molecule has 0 aromatic rings. The Balaban J connectivity index is 2.44. The second kappa shape index (κ2) is 4.60. The molecule has 1 rings (SSSR count). The number of allylic oxidation sites excluding steroid dienone is 1. The molecule has 0 saturated carbocycles. The van der Waals surface area contributed by atoms with E-state index in [0.717, 1.165) is 19.3 Å². The van der Waals surface area contributed by atoms with Gasteiger partial charge in [-0.1, -0.05) is 12.2 Å². The van der Waals surface area contributed by atoms with Crippen LogP contribution in [0.3, 0.4) is 0 Å². The van der Waals surface area contributed by atoms with E-state index in [1.54, 1.807) is 7.05 Å². The van der Waals surface area contributed by atoms with Crippen molar-refractivity contribution in [2.75, 3.05) is 7.05 Å². The fourth-order valence-corrected chi connectivity index (χ4v) is 1.40. The normalized spacial score (nSPS) is 22.1. The maximum absolute atomic E-state index is 11.8. The van der Waals surface area contributed by atoms with E-state index >= 15 is 0 Å². The summed E-state index contributed by atoms with van der Waals surface area (Å²) in [7, 11) is 1.81. The molecule has 0 fully saturated rings. The molecule has 1 unspecified atom stereocenters. The van der Waals surface area contributed by atoms with Crippen molar-refractivity contribution in [3.63, 3.8) is 0 Å². The topological polar surface area (TPSA) is 41.1 Å². The van der Waals surface area contributed by atoms with Crippen LogP contribution in [-0.4, -0.2) is 24.5 Å². The summed E-state index contributed by atoms with van der Waals surface area (Å²) in [5.41, 5.74) is -0.471. The van der Waals surface area contributed by atoms with Crippen molar-refractivity contribution in [3.8, 4) is 0 Å². The van der Waals surface area contributed by atoms with Gasteiger partial charge in [0, 0.05) is 6.04 Å². The van der Waals surface area contributed by atoms with Crippen LogP contribution >= 0.6 is 0 Å². The van der Waals surface area contributed by atoms with Crippen LogP contribution in [0.4, 0.5) is 0 Å². The maximum atomic E-state index is 11.8. The van der Waals surface area contributed by atoms with Gasteiger partial charge < -0.3 is 10.6 Å². The highest BCUT2D eigenvalue weighted by molar-refractivity contribution is 5.85. The van der Waals surface area contributed by atoms with Gasteiger partial charge in [-0.05, 0) is 40.2 Å². The third-order valence-corrected chi connectivity index (χ3v) is 2.80. The van der Waals surface area contributed by atoms with Crippen molar-refractivity contribution in [3.05, 3.63) is 12.2 Å². The van der Waals surface area contributed by atoms with Crippen molar-refractivity contribution in [2.24, 2.45) is 0 Å². The molecule has 0 aromatic heterocycles. The highest BCUT2D eigenvalue weighted by Crippen LogP contribution is 2.12. The molecule has 3 nitrogen and oxygen atoms in total. The first-order chi connectivity index (χ1) is 6.56. The smallest absolute Gasteiger partial charge is 0.239 e.